The summed E-state index contributed by atoms with van der Waals surface area (Å²) in [5.41, 5.74) is 13.9. The minimum atomic E-state index is -0.888. The van der Waals surface area contributed by atoms with Crippen molar-refractivity contribution >= 4 is 29.2 Å². The van der Waals surface area contributed by atoms with Crippen molar-refractivity contribution in [2.75, 3.05) is 39.1 Å². The third-order valence-electron chi connectivity index (χ3n) is 7.77. The molecule has 2 aliphatic heterocycles. The van der Waals surface area contributed by atoms with Gasteiger partial charge in [0.05, 0.1) is 17.8 Å². The van der Waals surface area contributed by atoms with Gasteiger partial charge in [0.2, 0.25) is 0 Å². The lowest BCUT2D eigenvalue weighted by Crippen LogP contribution is -2.52. The van der Waals surface area contributed by atoms with Crippen LogP contribution in [0.3, 0.4) is 0 Å². The zero-order valence-electron chi connectivity index (χ0n) is 26.4. The van der Waals surface area contributed by atoms with Crippen LogP contribution in [-0.4, -0.2) is 85.4 Å². The number of ketones is 1. The lowest BCUT2D eigenvalue weighted by atomic mass is 9.99. The molecule has 0 aromatic heterocycles. The van der Waals surface area contributed by atoms with Crippen LogP contribution < -0.4 is 22.6 Å². The summed E-state index contributed by atoms with van der Waals surface area (Å²) < 4.78 is 16.7. The first-order valence-corrected chi connectivity index (χ1v) is 15.4. The van der Waals surface area contributed by atoms with Gasteiger partial charge in [0.25, 0.3) is 0 Å². The van der Waals surface area contributed by atoms with Crippen LogP contribution in [0.4, 0.5) is 10.5 Å². The van der Waals surface area contributed by atoms with E-state index in [-0.39, 0.29) is 37.0 Å². The first kappa shape index (κ1) is 35.8. The Hall–Kier alpha value is -3.35. The van der Waals surface area contributed by atoms with Crippen molar-refractivity contribution in [2.24, 2.45) is 17.5 Å². The van der Waals surface area contributed by atoms with Gasteiger partial charge >= 0.3 is 12.1 Å². The standard InChI is InChI=1S/C29H46N6O6.C2H6/c1-19-25(36)12-11-23(39-3)10-7-13-33-20(2)27-26(18-40-28(19)37)41-29(38)35(27)15-5-4-14-34(32)17-24(31)21-8-6-9-22(30)16-21;1-2/h6,8-9,16-17,19-20,23,26-27,33H,4-5,7,10-15,18,30-32H2,1-3H3;1-2H3/b24-17-;. The molecule has 0 radical (unpaired) electrons. The summed E-state index contributed by atoms with van der Waals surface area (Å²) >= 11 is 0. The molecule has 12 nitrogen and oxygen atoms in total. The number of anilines is 1. The minimum absolute atomic E-state index is 0.0665. The average Bonchev–Trinajstić information content (AvgIpc) is 3.32. The van der Waals surface area contributed by atoms with Crippen molar-refractivity contribution < 1.29 is 28.6 Å². The number of benzene rings is 1. The molecule has 242 valence electrons. The number of hydrogen-bond acceptors (Lipinski definition) is 11. The van der Waals surface area contributed by atoms with E-state index in [4.69, 9.17) is 31.5 Å². The van der Waals surface area contributed by atoms with Crippen LogP contribution in [0.1, 0.15) is 71.8 Å². The summed E-state index contributed by atoms with van der Waals surface area (Å²) in [5, 5.41) is 5.02. The molecule has 3 rings (SSSR count). The number of nitrogens with one attached hydrogen (secondary N) is 1. The summed E-state index contributed by atoms with van der Waals surface area (Å²) in [6.07, 6.45) is 4.29. The number of hydrazine groups is 1. The average molecular weight is 605 g/mol. The van der Waals surface area contributed by atoms with Gasteiger partial charge in [-0.25, -0.2) is 10.6 Å². The van der Waals surface area contributed by atoms with Crippen molar-refractivity contribution in [2.45, 2.75) is 90.5 Å². The van der Waals surface area contributed by atoms with Crippen molar-refractivity contribution in [3.05, 3.63) is 36.0 Å². The lowest BCUT2D eigenvalue weighted by molar-refractivity contribution is -0.154. The number of Topliss-reactive ketones (excluding diaryl/α,β-unsaturated/α-hetero) is 1. The van der Waals surface area contributed by atoms with E-state index in [9.17, 15) is 14.4 Å². The fourth-order valence-electron chi connectivity index (χ4n) is 5.27. The number of hydrogen-bond donors (Lipinski definition) is 4. The molecule has 0 aliphatic carbocycles. The van der Waals surface area contributed by atoms with Crippen LogP contribution in [0.2, 0.25) is 0 Å². The zero-order chi connectivity index (χ0) is 31.9. The number of fused-ring (bicyclic) bond motifs is 1. The maximum absolute atomic E-state index is 12.9. The minimum Gasteiger partial charge on any atom is -0.461 e. The number of rotatable bonds is 8. The Morgan fingerprint density at radius 1 is 1.19 bits per heavy atom. The molecule has 12 heteroatoms. The zero-order valence-corrected chi connectivity index (χ0v) is 26.4. The van der Waals surface area contributed by atoms with Gasteiger partial charge < -0.3 is 36.0 Å². The largest absolute Gasteiger partial charge is 0.461 e. The van der Waals surface area contributed by atoms with Gasteiger partial charge in [0.1, 0.15) is 18.3 Å². The highest BCUT2D eigenvalue weighted by Crippen LogP contribution is 2.25. The second-order valence-corrected chi connectivity index (χ2v) is 10.9. The molecule has 2 aliphatic rings. The number of carbonyl (C=O) groups is 3. The van der Waals surface area contributed by atoms with Crippen LogP contribution in [0, 0.1) is 5.92 Å². The second-order valence-electron chi connectivity index (χ2n) is 10.9. The molecule has 43 heavy (non-hydrogen) atoms. The molecule has 0 spiro atoms. The molecular weight excluding hydrogens is 552 g/mol. The number of esters is 1. The van der Waals surface area contributed by atoms with E-state index in [0.717, 1.165) is 18.4 Å². The van der Waals surface area contributed by atoms with E-state index in [0.29, 0.717) is 50.3 Å². The molecule has 5 atom stereocenters. The van der Waals surface area contributed by atoms with Gasteiger partial charge in [0, 0.05) is 50.1 Å². The SMILES string of the molecule is CC.COC1CCCNC(C)C2C(COC(=O)C(C)C(=O)CC1)OC(=O)N2CCCCN(N)/C=C(\N)c1cccc(N)c1. The quantitative estimate of drug-likeness (QED) is 0.0857. The Balaban J connectivity index is 0.00000316. The van der Waals surface area contributed by atoms with Crippen LogP contribution in [-0.2, 0) is 23.8 Å². The third kappa shape index (κ3) is 11.0. The predicted molar refractivity (Wildman–Crippen MR) is 167 cm³/mol. The van der Waals surface area contributed by atoms with E-state index >= 15 is 0 Å². The molecule has 1 amide bonds. The van der Waals surface area contributed by atoms with Crippen LogP contribution in [0.25, 0.3) is 5.70 Å². The second kappa shape index (κ2) is 18.3. The Morgan fingerprint density at radius 3 is 2.63 bits per heavy atom. The van der Waals surface area contributed by atoms with Crippen LogP contribution in [0.15, 0.2) is 30.5 Å². The van der Waals surface area contributed by atoms with Gasteiger partial charge in [-0.2, -0.15) is 0 Å². The molecular formula is C31H52N6O6. The summed E-state index contributed by atoms with van der Waals surface area (Å²) in [6, 6.07) is 6.79. The number of amides is 1. The smallest absolute Gasteiger partial charge is 0.410 e. The summed E-state index contributed by atoms with van der Waals surface area (Å²) in [7, 11) is 1.63. The van der Waals surface area contributed by atoms with Crippen molar-refractivity contribution in [3.63, 3.8) is 0 Å². The molecule has 5 unspecified atom stereocenters. The molecule has 2 heterocycles. The Kier molecular flexibility index (Phi) is 15.3. The third-order valence-corrected chi connectivity index (χ3v) is 7.77. The van der Waals surface area contributed by atoms with Crippen LogP contribution >= 0.6 is 0 Å². The van der Waals surface area contributed by atoms with E-state index in [1.54, 1.807) is 37.3 Å². The monoisotopic (exact) mass is 604 g/mol. The number of cyclic esters (lactones) is 1. The number of carbonyl (C=O) groups excluding carboxylic acids is 3. The number of nitrogen functional groups attached to an aromatic ring is 1. The fraction of sp³-hybridized carbons (Fsp3) is 0.645. The number of nitrogens with zero attached hydrogens (tertiary/aromatic N) is 2. The Bertz CT molecular complexity index is 1070. The van der Waals surface area contributed by atoms with Gasteiger partial charge in [-0.3, -0.25) is 14.5 Å². The summed E-state index contributed by atoms with van der Waals surface area (Å²) in [4.78, 5) is 39.8. The van der Waals surface area contributed by atoms with Crippen molar-refractivity contribution in [1.29, 1.82) is 0 Å². The van der Waals surface area contributed by atoms with E-state index in [2.05, 4.69) is 5.32 Å². The number of ether oxygens (including phenoxy) is 3. The molecule has 0 bridgehead atoms. The lowest BCUT2D eigenvalue weighted by Gasteiger charge is -2.30. The van der Waals surface area contributed by atoms with E-state index < -0.39 is 24.1 Å². The molecule has 0 saturated carbocycles. The number of nitrogens with two attached hydrogens (primary N) is 3. The van der Waals surface area contributed by atoms with Crippen molar-refractivity contribution in [1.82, 2.24) is 15.2 Å². The first-order chi connectivity index (χ1) is 20.6. The highest BCUT2D eigenvalue weighted by atomic mass is 16.6. The van der Waals surface area contributed by atoms with Crippen LogP contribution in [0.5, 0.6) is 0 Å². The van der Waals surface area contributed by atoms with E-state index in [1.807, 2.05) is 32.9 Å². The number of methoxy groups -OCH3 is 1. The van der Waals surface area contributed by atoms with Gasteiger partial charge in [0.15, 0.2) is 6.10 Å². The summed E-state index contributed by atoms with van der Waals surface area (Å²) in [6.45, 7) is 9.12. The number of unbranched alkanes of at least 4 members (excludes halogenated alkanes) is 1. The maximum Gasteiger partial charge on any atom is 0.410 e. The van der Waals surface area contributed by atoms with Gasteiger partial charge in [-0.1, -0.05) is 26.0 Å². The Labute approximate surface area is 256 Å². The Morgan fingerprint density at radius 2 is 1.93 bits per heavy atom. The topological polar surface area (TPSA) is 175 Å². The highest BCUT2D eigenvalue weighted by molar-refractivity contribution is 5.98. The maximum atomic E-state index is 12.9. The normalized spacial score (nSPS) is 25.8. The highest BCUT2D eigenvalue weighted by Gasteiger charge is 2.45. The first-order valence-electron chi connectivity index (χ1n) is 15.4. The fourth-order valence-corrected chi connectivity index (χ4v) is 5.27. The summed E-state index contributed by atoms with van der Waals surface area (Å²) in [5.74, 6) is 4.46. The van der Waals surface area contributed by atoms with E-state index in [1.165, 1.54) is 5.01 Å². The van der Waals surface area contributed by atoms with Gasteiger partial charge in [-0.05, 0) is 64.6 Å². The molecule has 2 saturated heterocycles. The molecule has 2 fully saturated rings. The molecule has 1 aromatic rings. The molecule has 1 aromatic carbocycles. The van der Waals surface area contributed by atoms with Gasteiger partial charge in [-0.15, -0.1) is 0 Å². The predicted octanol–water partition coefficient (Wildman–Crippen LogP) is 3.01. The van der Waals surface area contributed by atoms with Crippen molar-refractivity contribution in [3.8, 4) is 0 Å². The molecule has 7 N–H and O–H groups in total.